The minimum atomic E-state index is -3.60. The summed E-state index contributed by atoms with van der Waals surface area (Å²) in [6.45, 7) is 0. The summed E-state index contributed by atoms with van der Waals surface area (Å²) in [5.41, 5.74) is 0.975. The molecule has 1 fully saturated rings. The Bertz CT molecular complexity index is 1260. The smallest absolute Gasteiger partial charge is 0.276 e. The zero-order chi connectivity index (χ0) is 20.9. The zero-order valence-electron chi connectivity index (χ0n) is 16.4. The average molecular weight is 427 g/mol. The topological polar surface area (TPSA) is 99.0 Å². The highest BCUT2D eigenvalue weighted by atomic mass is 32.2. The molecule has 3 aromatic rings. The van der Waals surface area contributed by atoms with E-state index >= 15 is 0 Å². The first kappa shape index (κ1) is 18.9. The van der Waals surface area contributed by atoms with E-state index in [2.05, 4.69) is 10.3 Å². The molecule has 8 nitrogen and oxygen atoms in total. The molecule has 156 valence electrons. The Balaban J connectivity index is 1.43. The predicted octanol–water partition coefficient (Wildman–Crippen LogP) is 3.42. The van der Waals surface area contributed by atoms with Gasteiger partial charge in [0.25, 0.3) is 11.7 Å². The first-order valence-corrected chi connectivity index (χ1v) is 11.7. The zero-order valence-corrected chi connectivity index (χ0v) is 17.2. The predicted molar refractivity (Wildman–Crippen MR) is 110 cm³/mol. The highest BCUT2D eigenvalue weighted by molar-refractivity contribution is 7.90. The fraction of sp³-hybridized carbons (Fsp3) is 0.333. The third-order valence-electron chi connectivity index (χ3n) is 5.47. The Labute approximate surface area is 173 Å². The van der Waals surface area contributed by atoms with Crippen molar-refractivity contribution in [3.05, 3.63) is 48.3 Å². The molecule has 2 aromatic heterocycles. The van der Waals surface area contributed by atoms with Gasteiger partial charge >= 0.3 is 0 Å². The quantitative estimate of drug-likeness (QED) is 0.688. The van der Waals surface area contributed by atoms with Crippen LogP contribution < -0.4 is 14.8 Å². The lowest BCUT2D eigenvalue weighted by Gasteiger charge is -2.31. The van der Waals surface area contributed by atoms with Crippen molar-refractivity contribution in [1.82, 2.24) is 9.38 Å². The van der Waals surface area contributed by atoms with Crippen molar-refractivity contribution in [1.29, 1.82) is 0 Å². The van der Waals surface area contributed by atoms with Gasteiger partial charge in [-0.25, -0.2) is 13.4 Å². The maximum absolute atomic E-state index is 12.9. The van der Waals surface area contributed by atoms with Crippen LogP contribution in [0.25, 0.3) is 5.52 Å². The molecule has 0 unspecified atom stereocenters. The van der Waals surface area contributed by atoms with Gasteiger partial charge in [-0.15, -0.1) is 0 Å². The summed E-state index contributed by atoms with van der Waals surface area (Å²) in [4.78, 5) is 17.0. The van der Waals surface area contributed by atoms with Crippen LogP contribution in [0.15, 0.2) is 47.8 Å². The number of nitrogens with zero attached hydrogens (tertiary/aromatic N) is 2. The molecular formula is C21H21N3O5S. The van der Waals surface area contributed by atoms with Gasteiger partial charge in [0.15, 0.2) is 17.2 Å². The number of amides is 1. The van der Waals surface area contributed by atoms with Crippen LogP contribution in [0.2, 0.25) is 0 Å². The van der Waals surface area contributed by atoms with Gasteiger partial charge < -0.3 is 14.8 Å². The van der Waals surface area contributed by atoms with Gasteiger partial charge in [0.05, 0.1) is 5.52 Å². The van der Waals surface area contributed by atoms with Crippen molar-refractivity contribution in [2.75, 3.05) is 11.6 Å². The summed E-state index contributed by atoms with van der Waals surface area (Å²) in [6.07, 6.45) is 7.63. The van der Waals surface area contributed by atoms with Crippen LogP contribution in [0, 0.1) is 0 Å². The van der Waals surface area contributed by atoms with Crippen molar-refractivity contribution < 1.29 is 22.7 Å². The van der Waals surface area contributed by atoms with Gasteiger partial charge in [-0.05, 0) is 37.1 Å². The molecule has 5 rings (SSSR count). The van der Waals surface area contributed by atoms with E-state index < -0.39 is 21.5 Å². The molecule has 30 heavy (non-hydrogen) atoms. The largest absolute Gasteiger partial charge is 0.448 e. The van der Waals surface area contributed by atoms with Crippen LogP contribution in [0.5, 0.6) is 11.5 Å². The second-order valence-corrected chi connectivity index (χ2v) is 9.67. The van der Waals surface area contributed by atoms with Crippen molar-refractivity contribution in [3.8, 4) is 11.5 Å². The summed E-state index contributed by atoms with van der Waals surface area (Å²) in [6, 6.07) is 10.3. The number of sulfone groups is 1. The summed E-state index contributed by atoms with van der Waals surface area (Å²) in [5.74, 6) is 0.177. The average Bonchev–Trinajstić information content (AvgIpc) is 3.26. The fourth-order valence-electron chi connectivity index (χ4n) is 4.09. The molecule has 0 radical (unpaired) electrons. The molecule has 9 heteroatoms. The number of hydrogen-bond donors (Lipinski definition) is 1. The van der Waals surface area contributed by atoms with E-state index in [0.717, 1.165) is 31.9 Å². The van der Waals surface area contributed by atoms with E-state index in [1.54, 1.807) is 42.6 Å². The highest BCUT2D eigenvalue weighted by Gasteiger charge is 2.42. The summed E-state index contributed by atoms with van der Waals surface area (Å²) in [5, 5.41) is 2.62. The molecule has 2 aliphatic rings. The molecule has 1 N–H and O–H groups in total. The van der Waals surface area contributed by atoms with Gasteiger partial charge in [-0.1, -0.05) is 12.5 Å². The number of hydrogen-bond acceptors (Lipinski definition) is 6. The van der Waals surface area contributed by atoms with Crippen LogP contribution >= 0.6 is 0 Å². The summed E-state index contributed by atoms with van der Waals surface area (Å²) < 4.78 is 37.7. The van der Waals surface area contributed by atoms with Crippen LogP contribution in [0.1, 0.15) is 42.6 Å². The molecule has 0 saturated heterocycles. The minimum absolute atomic E-state index is 0.0393. The maximum Gasteiger partial charge on any atom is 0.276 e. The van der Waals surface area contributed by atoms with E-state index in [-0.39, 0.29) is 10.9 Å². The lowest BCUT2D eigenvalue weighted by atomic mass is 9.94. The van der Waals surface area contributed by atoms with E-state index in [0.29, 0.717) is 22.7 Å². The lowest BCUT2D eigenvalue weighted by molar-refractivity contribution is -0.105. The molecule has 1 aliphatic heterocycles. The number of nitrogens with one attached hydrogen (secondary N) is 1. The Hall–Kier alpha value is -3.07. The van der Waals surface area contributed by atoms with Crippen LogP contribution in [-0.4, -0.2) is 35.8 Å². The van der Waals surface area contributed by atoms with Gasteiger partial charge in [-0.3, -0.25) is 9.20 Å². The molecule has 3 heterocycles. The molecule has 0 bridgehead atoms. The number of benzene rings is 1. The summed E-state index contributed by atoms with van der Waals surface area (Å²) in [7, 11) is -3.60. The van der Waals surface area contributed by atoms with Crippen molar-refractivity contribution in [3.63, 3.8) is 0 Å². The number of anilines is 1. The molecule has 0 atom stereocenters. The Morgan fingerprint density at radius 3 is 2.63 bits per heavy atom. The van der Waals surface area contributed by atoms with E-state index in [4.69, 9.17) is 9.47 Å². The molecule has 1 aromatic carbocycles. The summed E-state index contributed by atoms with van der Waals surface area (Å²) >= 11 is 0. The monoisotopic (exact) mass is 427 g/mol. The number of carbonyl (C=O) groups is 1. The lowest BCUT2D eigenvalue weighted by Crippen LogP contribution is -2.40. The third kappa shape index (κ3) is 3.19. The standard InChI is InChI=1S/C21H21N3O5S/c1-30(26,27)20-23-18(15-7-3-6-12-24(15)20)19(25)22-14-8-9-16-17(13-14)29-21(28-16)10-4-2-5-11-21/h3,6-9,12-13H,2,4-5,10-11H2,1H3,(H,22,25). The Kier molecular flexibility index (Phi) is 4.25. The number of ether oxygens (including phenoxy) is 2. The van der Waals surface area contributed by atoms with E-state index in [1.807, 2.05) is 0 Å². The highest BCUT2D eigenvalue weighted by Crippen LogP contribution is 2.46. The first-order chi connectivity index (χ1) is 14.3. The van der Waals surface area contributed by atoms with E-state index in [1.165, 1.54) is 10.8 Å². The molecule has 1 amide bonds. The molecular weight excluding hydrogens is 406 g/mol. The second-order valence-electron chi connectivity index (χ2n) is 7.76. The van der Waals surface area contributed by atoms with Crippen LogP contribution in [0.3, 0.4) is 0 Å². The number of pyridine rings is 1. The Morgan fingerprint density at radius 2 is 1.87 bits per heavy atom. The number of imidazole rings is 1. The van der Waals surface area contributed by atoms with Crippen LogP contribution in [-0.2, 0) is 9.84 Å². The van der Waals surface area contributed by atoms with Crippen molar-refractivity contribution in [2.45, 2.75) is 43.0 Å². The van der Waals surface area contributed by atoms with Crippen molar-refractivity contribution in [2.24, 2.45) is 0 Å². The van der Waals surface area contributed by atoms with E-state index in [9.17, 15) is 13.2 Å². The van der Waals surface area contributed by atoms with Gasteiger partial charge in [-0.2, -0.15) is 0 Å². The molecule has 1 saturated carbocycles. The van der Waals surface area contributed by atoms with Gasteiger partial charge in [0.1, 0.15) is 0 Å². The van der Waals surface area contributed by atoms with Gasteiger partial charge in [0, 0.05) is 37.0 Å². The SMILES string of the molecule is CS(=O)(=O)c1nc(C(=O)Nc2ccc3c(c2)OC2(CCCCC2)O3)c2ccccn12. The van der Waals surface area contributed by atoms with Crippen molar-refractivity contribution >= 4 is 26.9 Å². The number of aromatic nitrogens is 2. The third-order valence-corrected chi connectivity index (χ3v) is 6.42. The Morgan fingerprint density at radius 1 is 1.10 bits per heavy atom. The number of fused-ring (bicyclic) bond motifs is 2. The minimum Gasteiger partial charge on any atom is -0.448 e. The maximum atomic E-state index is 12.9. The van der Waals surface area contributed by atoms with Crippen LogP contribution in [0.4, 0.5) is 5.69 Å². The molecule has 1 aliphatic carbocycles. The normalized spacial score (nSPS) is 17.4. The second kappa shape index (κ2) is 6.73. The number of carbonyl (C=O) groups excluding carboxylic acids is 1. The fourth-order valence-corrected chi connectivity index (χ4v) is 4.87. The first-order valence-electron chi connectivity index (χ1n) is 9.85. The molecule has 1 spiro atoms. The number of rotatable bonds is 3. The van der Waals surface area contributed by atoms with Gasteiger partial charge in [0.2, 0.25) is 15.0 Å².